The van der Waals surface area contributed by atoms with E-state index < -0.39 is 35.4 Å². The van der Waals surface area contributed by atoms with Crippen LogP contribution in [0.4, 0.5) is 0 Å². The zero-order valence-corrected chi connectivity index (χ0v) is 19.6. The van der Waals surface area contributed by atoms with E-state index in [1.807, 2.05) is 24.3 Å². The molecule has 1 aliphatic carbocycles. The molecule has 178 valence electrons. The van der Waals surface area contributed by atoms with E-state index in [9.17, 15) is 19.5 Å². The number of amides is 1. The normalized spacial score (nSPS) is 15.1. The van der Waals surface area contributed by atoms with Gasteiger partial charge in [0, 0.05) is 5.92 Å². The summed E-state index contributed by atoms with van der Waals surface area (Å²) in [5.41, 5.74) is 0.852. The second-order valence-corrected chi connectivity index (χ2v) is 9.77. The van der Waals surface area contributed by atoms with Gasteiger partial charge in [0.15, 0.2) is 5.56 Å². The van der Waals surface area contributed by atoms with Crippen molar-refractivity contribution in [1.82, 2.24) is 14.9 Å². The highest BCUT2D eigenvalue weighted by atomic mass is 16.4. The molecule has 3 N–H and O–H groups in total. The van der Waals surface area contributed by atoms with Crippen LogP contribution < -0.4 is 10.9 Å². The molecule has 1 aromatic carbocycles. The van der Waals surface area contributed by atoms with Crippen LogP contribution in [-0.2, 0) is 16.8 Å². The van der Waals surface area contributed by atoms with Crippen molar-refractivity contribution in [2.45, 2.75) is 77.2 Å². The number of aromatic hydroxyl groups is 1. The first kappa shape index (κ1) is 24.5. The van der Waals surface area contributed by atoms with Gasteiger partial charge in [-0.1, -0.05) is 70.7 Å². The fourth-order valence-electron chi connectivity index (χ4n) is 4.30. The summed E-state index contributed by atoms with van der Waals surface area (Å²) in [4.78, 5) is 41.1. The maximum Gasteiger partial charge on any atom is 0.322 e. The summed E-state index contributed by atoms with van der Waals surface area (Å²) < 4.78 is 1.47. The minimum absolute atomic E-state index is 0.00361. The van der Waals surface area contributed by atoms with E-state index in [0.29, 0.717) is 5.82 Å². The number of benzene rings is 1. The Balaban J connectivity index is 2.05. The average molecular weight is 456 g/mol. The van der Waals surface area contributed by atoms with Gasteiger partial charge in [-0.25, -0.2) is 0 Å². The molecule has 8 heteroatoms. The smallest absolute Gasteiger partial charge is 0.322 e. The summed E-state index contributed by atoms with van der Waals surface area (Å²) in [6, 6.07) is 7.97. The number of nitrogens with one attached hydrogen (secondary N) is 1. The van der Waals surface area contributed by atoms with E-state index in [2.05, 4.69) is 31.1 Å². The van der Waals surface area contributed by atoms with Crippen LogP contribution in [0.3, 0.4) is 0 Å². The van der Waals surface area contributed by atoms with Gasteiger partial charge in [-0.2, -0.15) is 4.98 Å². The molecule has 33 heavy (non-hydrogen) atoms. The molecule has 0 unspecified atom stereocenters. The Hall–Kier alpha value is -3.16. The average Bonchev–Trinajstić information content (AvgIpc) is 3.03. The first-order valence-electron chi connectivity index (χ1n) is 11.5. The standard InChI is InChI=1S/C25H33N3O5/c1-25(2,3)18-12-10-16(11-13-18)15-28-21(17-8-6-4-5-7-9-17)27-23(32)20(24(28)33)22(31)26-14-19(29)30/h10-13,17,32H,4-9,14-15H2,1-3H3,(H,26,31)(H,29,30). The van der Waals surface area contributed by atoms with E-state index in [-0.39, 0.29) is 17.9 Å². The third-order valence-electron chi connectivity index (χ3n) is 6.19. The van der Waals surface area contributed by atoms with Crippen molar-refractivity contribution >= 4 is 11.9 Å². The Morgan fingerprint density at radius 2 is 1.70 bits per heavy atom. The number of rotatable bonds is 6. The Morgan fingerprint density at radius 1 is 1.09 bits per heavy atom. The predicted octanol–water partition coefficient (Wildman–Crippen LogP) is 3.55. The molecule has 1 aromatic heterocycles. The van der Waals surface area contributed by atoms with Crippen LogP contribution >= 0.6 is 0 Å². The lowest BCUT2D eigenvalue weighted by Crippen LogP contribution is -2.38. The molecule has 0 aliphatic heterocycles. The number of carbonyl (C=O) groups is 2. The van der Waals surface area contributed by atoms with Gasteiger partial charge in [0.2, 0.25) is 5.88 Å². The molecule has 0 spiro atoms. The quantitative estimate of drug-likeness (QED) is 0.573. The van der Waals surface area contributed by atoms with E-state index in [4.69, 9.17) is 5.11 Å². The number of nitrogens with zero attached hydrogens (tertiary/aromatic N) is 2. The monoisotopic (exact) mass is 455 g/mol. The molecular formula is C25H33N3O5. The van der Waals surface area contributed by atoms with Crippen LogP contribution in [0.25, 0.3) is 0 Å². The molecule has 0 radical (unpaired) electrons. The molecule has 0 saturated heterocycles. The second kappa shape index (κ2) is 10.2. The third-order valence-corrected chi connectivity index (χ3v) is 6.19. The van der Waals surface area contributed by atoms with Gasteiger partial charge in [-0.3, -0.25) is 19.0 Å². The van der Waals surface area contributed by atoms with Crippen molar-refractivity contribution in [3.05, 3.63) is 57.1 Å². The van der Waals surface area contributed by atoms with Gasteiger partial charge in [0.05, 0.1) is 6.54 Å². The fraction of sp³-hybridized carbons (Fsp3) is 0.520. The number of carboxylic acid groups (broad SMARTS) is 1. The minimum atomic E-state index is -1.25. The lowest BCUT2D eigenvalue weighted by atomic mass is 9.87. The zero-order valence-electron chi connectivity index (χ0n) is 19.6. The Kier molecular flexibility index (Phi) is 7.56. The van der Waals surface area contributed by atoms with Gasteiger partial charge in [-0.05, 0) is 29.4 Å². The van der Waals surface area contributed by atoms with Gasteiger partial charge in [-0.15, -0.1) is 0 Å². The summed E-state index contributed by atoms with van der Waals surface area (Å²) in [7, 11) is 0. The highest BCUT2D eigenvalue weighted by Gasteiger charge is 2.27. The van der Waals surface area contributed by atoms with Crippen molar-refractivity contribution in [2.75, 3.05) is 6.54 Å². The summed E-state index contributed by atoms with van der Waals surface area (Å²) in [5, 5.41) is 21.5. The van der Waals surface area contributed by atoms with Gasteiger partial charge in [0.25, 0.3) is 11.5 Å². The largest absolute Gasteiger partial charge is 0.493 e. The Labute approximate surface area is 193 Å². The second-order valence-electron chi connectivity index (χ2n) is 9.77. The number of hydrogen-bond donors (Lipinski definition) is 3. The van der Waals surface area contributed by atoms with Crippen LogP contribution in [0.15, 0.2) is 29.1 Å². The van der Waals surface area contributed by atoms with E-state index in [1.54, 1.807) is 0 Å². The Bertz CT molecular complexity index is 1060. The van der Waals surface area contributed by atoms with Crippen molar-refractivity contribution in [2.24, 2.45) is 0 Å². The molecule has 1 heterocycles. The number of carboxylic acids is 1. The van der Waals surface area contributed by atoms with Crippen molar-refractivity contribution in [3.8, 4) is 5.88 Å². The van der Waals surface area contributed by atoms with E-state index in [1.165, 1.54) is 10.1 Å². The van der Waals surface area contributed by atoms with Crippen LogP contribution in [0.2, 0.25) is 0 Å². The molecule has 0 bridgehead atoms. The molecule has 1 aliphatic rings. The maximum absolute atomic E-state index is 13.4. The molecule has 1 fully saturated rings. The van der Waals surface area contributed by atoms with Crippen LogP contribution in [0, 0.1) is 0 Å². The molecule has 2 aromatic rings. The number of aliphatic carboxylic acids is 1. The van der Waals surface area contributed by atoms with E-state index >= 15 is 0 Å². The predicted molar refractivity (Wildman–Crippen MR) is 125 cm³/mol. The third kappa shape index (κ3) is 6.00. The van der Waals surface area contributed by atoms with Gasteiger partial charge < -0.3 is 15.5 Å². The van der Waals surface area contributed by atoms with Crippen LogP contribution in [-0.4, -0.2) is 38.2 Å². The summed E-state index contributed by atoms with van der Waals surface area (Å²) >= 11 is 0. The fourth-order valence-corrected chi connectivity index (χ4v) is 4.30. The molecule has 3 rings (SSSR count). The summed E-state index contributed by atoms with van der Waals surface area (Å²) in [6.07, 6.45) is 6.00. The van der Waals surface area contributed by atoms with Crippen molar-refractivity contribution in [1.29, 1.82) is 0 Å². The van der Waals surface area contributed by atoms with Crippen molar-refractivity contribution in [3.63, 3.8) is 0 Å². The highest BCUT2D eigenvalue weighted by molar-refractivity contribution is 5.97. The molecule has 0 atom stereocenters. The molecule has 8 nitrogen and oxygen atoms in total. The highest BCUT2D eigenvalue weighted by Crippen LogP contribution is 2.31. The molecule has 1 saturated carbocycles. The zero-order chi connectivity index (χ0) is 24.2. The Morgan fingerprint density at radius 3 is 2.24 bits per heavy atom. The SMILES string of the molecule is CC(C)(C)c1ccc(Cn2c(C3CCCCCC3)nc(O)c(C(=O)NCC(=O)O)c2=O)cc1. The van der Waals surface area contributed by atoms with Crippen molar-refractivity contribution < 1.29 is 19.8 Å². The lowest BCUT2D eigenvalue weighted by molar-refractivity contribution is -0.135. The molecule has 1 amide bonds. The first-order chi connectivity index (χ1) is 15.6. The van der Waals surface area contributed by atoms with Gasteiger partial charge in [0.1, 0.15) is 12.4 Å². The number of aromatic nitrogens is 2. The van der Waals surface area contributed by atoms with Crippen LogP contribution in [0.5, 0.6) is 5.88 Å². The summed E-state index contributed by atoms with van der Waals surface area (Å²) in [5.74, 6) is -2.35. The number of carbonyl (C=O) groups excluding carboxylic acids is 1. The lowest BCUT2D eigenvalue weighted by Gasteiger charge is -2.22. The van der Waals surface area contributed by atoms with Gasteiger partial charge >= 0.3 is 5.97 Å². The minimum Gasteiger partial charge on any atom is -0.493 e. The topological polar surface area (TPSA) is 122 Å². The summed E-state index contributed by atoms with van der Waals surface area (Å²) in [6.45, 7) is 5.94. The number of hydrogen-bond acceptors (Lipinski definition) is 5. The first-order valence-corrected chi connectivity index (χ1v) is 11.5. The van der Waals surface area contributed by atoms with Crippen LogP contribution in [0.1, 0.15) is 92.5 Å². The van der Waals surface area contributed by atoms with E-state index in [0.717, 1.165) is 44.1 Å². The maximum atomic E-state index is 13.4. The molecular weight excluding hydrogens is 422 g/mol.